The van der Waals surface area contributed by atoms with Gasteiger partial charge in [0.05, 0.1) is 9.85 Å². The van der Waals surface area contributed by atoms with Gasteiger partial charge in [-0.2, -0.15) is 0 Å². The zero-order valence-electron chi connectivity index (χ0n) is 7.56. The number of sulfonamides is 1. The normalized spacial score (nSPS) is 11.1. The molecular formula is C6H5N3O6S. The first-order chi connectivity index (χ1) is 7.23. The average molecular weight is 247 g/mol. The van der Waals surface area contributed by atoms with Gasteiger partial charge in [-0.25, -0.2) is 13.6 Å². The molecule has 0 atom stereocenters. The molecule has 9 nitrogen and oxygen atoms in total. The fraction of sp³-hybridized carbons (Fsp3) is 0. The summed E-state index contributed by atoms with van der Waals surface area (Å²) in [5.74, 6) is 0. The van der Waals surface area contributed by atoms with Gasteiger partial charge in [-0.15, -0.1) is 0 Å². The monoisotopic (exact) mass is 247 g/mol. The topological polar surface area (TPSA) is 146 Å². The summed E-state index contributed by atoms with van der Waals surface area (Å²) in [5, 5.41) is 25.5. The highest BCUT2D eigenvalue weighted by Crippen LogP contribution is 2.26. The fourth-order valence-corrected chi connectivity index (χ4v) is 1.71. The van der Waals surface area contributed by atoms with Gasteiger partial charge in [0.2, 0.25) is 10.0 Å². The Balaban J connectivity index is 3.58. The van der Waals surface area contributed by atoms with E-state index in [-0.39, 0.29) is 0 Å². The van der Waals surface area contributed by atoms with Crippen LogP contribution < -0.4 is 5.14 Å². The van der Waals surface area contributed by atoms with Crippen molar-refractivity contribution in [3.8, 4) is 0 Å². The maximum atomic E-state index is 11.0. The molecule has 0 radical (unpaired) electrons. The molecule has 10 heteroatoms. The second kappa shape index (κ2) is 3.83. The van der Waals surface area contributed by atoms with Crippen molar-refractivity contribution in [2.24, 2.45) is 5.14 Å². The van der Waals surface area contributed by atoms with Gasteiger partial charge in [-0.3, -0.25) is 20.2 Å². The van der Waals surface area contributed by atoms with E-state index >= 15 is 0 Å². The maximum absolute atomic E-state index is 11.0. The zero-order chi connectivity index (χ0) is 12.5. The van der Waals surface area contributed by atoms with Gasteiger partial charge in [-0.1, -0.05) is 0 Å². The Morgan fingerprint density at radius 3 is 2.06 bits per heavy atom. The molecular weight excluding hydrogens is 242 g/mol. The van der Waals surface area contributed by atoms with E-state index in [9.17, 15) is 28.6 Å². The Morgan fingerprint density at radius 1 is 1.12 bits per heavy atom. The van der Waals surface area contributed by atoms with Crippen LogP contribution in [0, 0.1) is 20.2 Å². The van der Waals surface area contributed by atoms with Crippen molar-refractivity contribution in [1.29, 1.82) is 0 Å². The summed E-state index contributed by atoms with van der Waals surface area (Å²) in [7, 11) is -4.38. The van der Waals surface area contributed by atoms with E-state index in [2.05, 4.69) is 0 Å². The van der Waals surface area contributed by atoms with Crippen LogP contribution in [-0.2, 0) is 10.0 Å². The van der Waals surface area contributed by atoms with Crippen molar-refractivity contribution in [3.63, 3.8) is 0 Å². The SMILES string of the molecule is NS(=O)(=O)c1cc([N+](=O)[O-])ccc1[N+](=O)[O-]. The molecule has 0 fully saturated rings. The first kappa shape index (κ1) is 12.0. The number of rotatable bonds is 3. The van der Waals surface area contributed by atoms with Gasteiger partial charge >= 0.3 is 0 Å². The number of primary sulfonamides is 1. The first-order valence-electron chi connectivity index (χ1n) is 3.69. The molecule has 1 aromatic rings. The van der Waals surface area contributed by atoms with Crippen LogP contribution in [-0.4, -0.2) is 18.3 Å². The molecule has 0 heterocycles. The standard InChI is InChI=1S/C6H5N3O6S/c7-16(14,15)6-3-4(8(10)11)1-2-5(6)9(12)13/h1-3H,(H2,7,14,15). The predicted molar refractivity (Wildman–Crippen MR) is 51.1 cm³/mol. The molecule has 16 heavy (non-hydrogen) atoms. The third-order valence-electron chi connectivity index (χ3n) is 1.66. The van der Waals surface area contributed by atoms with E-state index in [0.717, 1.165) is 12.1 Å². The average Bonchev–Trinajstić information content (AvgIpc) is 2.15. The third-order valence-corrected chi connectivity index (χ3v) is 2.60. The second-order valence-electron chi connectivity index (χ2n) is 2.71. The summed E-state index contributed by atoms with van der Waals surface area (Å²) >= 11 is 0. The molecule has 0 aliphatic rings. The molecule has 0 bridgehead atoms. The van der Waals surface area contributed by atoms with E-state index in [4.69, 9.17) is 5.14 Å². The lowest BCUT2D eigenvalue weighted by Crippen LogP contribution is -2.14. The number of hydrogen-bond donors (Lipinski definition) is 1. The minimum atomic E-state index is -4.38. The molecule has 0 aliphatic heterocycles. The Kier molecular flexibility index (Phi) is 2.87. The van der Waals surface area contributed by atoms with E-state index in [1.807, 2.05) is 0 Å². The number of non-ortho nitro benzene ring substituents is 1. The summed E-state index contributed by atoms with van der Waals surface area (Å²) in [5.41, 5.74) is -1.39. The van der Waals surface area contributed by atoms with Gasteiger partial charge in [0.15, 0.2) is 4.90 Å². The van der Waals surface area contributed by atoms with E-state index in [0.29, 0.717) is 6.07 Å². The van der Waals surface area contributed by atoms with Crippen molar-refractivity contribution in [3.05, 3.63) is 38.4 Å². The predicted octanol–water partition coefficient (Wildman–Crippen LogP) is 0.150. The summed E-state index contributed by atoms with van der Waals surface area (Å²) in [6.07, 6.45) is 0. The third kappa shape index (κ3) is 2.29. The van der Waals surface area contributed by atoms with Crippen LogP contribution in [0.4, 0.5) is 11.4 Å². The highest BCUT2D eigenvalue weighted by molar-refractivity contribution is 7.89. The first-order valence-corrected chi connectivity index (χ1v) is 5.24. The van der Waals surface area contributed by atoms with Crippen molar-refractivity contribution in [2.45, 2.75) is 4.90 Å². The van der Waals surface area contributed by atoms with Crippen LogP contribution in [0.3, 0.4) is 0 Å². The molecule has 0 amide bonds. The lowest BCUT2D eigenvalue weighted by molar-refractivity contribution is -0.391. The maximum Gasteiger partial charge on any atom is 0.289 e. The molecule has 86 valence electrons. The number of hydrogen-bond acceptors (Lipinski definition) is 6. The molecule has 0 saturated carbocycles. The summed E-state index contributed by atoms with van der Waals surface area (Å²) in [6.45, 7) is 0. The lowest BCUT2D eigenvalue weighted by Gasteiger charge is -1.99. The summed E-state index contributed by atoms with van der Waals surface area (Å²) in [4.78, 5) is 18.1. The zero-order valence-corrected chi connectivity index (χ0v) is 8.38. The van der Waals surface area contributed by atoms with Gasteiger partial charge < -0.3 is 0 Å². The van der Waals surface area contributed by atoms with Crippen molar-refractivity contribution < 1.29 is 18.3 Å². The number of nitro benzene ring substituents is 2. The number of benzene rings is 1. The van der Waals surface area contributed by atoms with Gasteiger partial charge in [0, 0.05) is 18.2 Å². The van der Waals surface area contributed by atoms with Crippen LogP contribution in [0.15, 0.2) is 23.1 Å². The van der Waals surface area contributed by atoms with Crippen LogP contribution >= 0.6 is 0 Å². The second-order valence-corrected chi connectivity index (χ2v) is 4.24. The largest absolute Gasteiger partial charge is 0.289 e. The van der Waals surface area contributed by atoms with Gasteiger partial charge in [0.1, 0.15) is 0 Å². The molecule has 0 saturated heterocycles. The molecule has 1 aromatic carbocycles. The molecule has 0 aliphatic carbocycles. The van der Waals surface area contributed by atoms with Gasteiger partial charge in [0.25, 0.3) is 11.4 Å². The van der Waals surface area contributed by atoms with Crippen LogP contribution in [0.5, 0.6) is 0 Å². The van der Waals surface area contributed by atoms with Crippen LogP contribution in [0.2, 0.25) is 0 Å². The Hall–Kier alpha value is -2.07. The minimum absolute atomic E-state index is 0.549. The number of nitrogens with zero attached hydrogens (tertiary/aromatic N) is 2. The lowest BCUT2D eigenvalue weighted by atomic mass is 10.3. The minimum Gasteiger partial charge on any atom is -0.258 e. The quantitative estimate of drug-likeness (QED) is 0.593. The van der Waals surface area contributed by atoms with E-state index in [1.54, 1.807) is 0 Å². The fourth-order valence-electron chi connectivity index (χ4n) is 0.995. The van der Waals surface area contributed by atoms with Gasteiger partial charge in [-0.05, 0) is 0 Å². The molecule has 1 rings (SSSR count). The molecule has 2 N–H and O–H groups in total. The smallest absolute Gasteiger partial charge is 0.258 e. The summed E-state index contributed by atoms with van der Waals surface area (Å²) < 4.78 is 22.0. The summed E-state index contributed by atoms with van der Waals surface area (Å²) in [6, 6.07) is 2.10. The Bertz CT molecular complexity index is 566. The van der Waals surface area contributed by atoms with Crippen molar-refractivity contribution in [1.82, 2.24) is 0 Å². The van der Waals surface area contributed by atoms with E-state index < -0.39 is 36.1 Å². The Labute approximate surface area is 88.8 Å². The molecule has 0 unspecified atom stereocenters. The number of nitrogens with two attached hydrogens (primary N) is 1. The highest BCUT2D eigenvalue weighted by atomic mass is 32.2. The van der Waals surface area contributed by atoms with Crippen LogP contribution in [0.25, 0.3) is 0 Å². The van der Waals surface area contributed by atoms with Crippen molar-refractivity contribution in [2.75, 3.05) is 0 Å². The number of nitro groups is 2. The Morgan fingerprint density at radius 2 is 1.69 bits per heavy atom. The highest BCUT2D eigenvalue weighted by Gasteiger charge is 2.25. The molecule has 0 spiro atoms. The van der Waals surface area contributed by atoms with Crippen molar-refractivity contribution >= 4 is 21.4 Å². The molecule has 0 aromatic heterocycles. The van der Waals surface area contributed by atoms with E-state index in [1.165, 1.54) is 0 Å². The van der Waals surface area contributed by atoms with Crippen LogP contribution in [0.1, 0.15) is 0 Å².